The first kappa shape index (κ1) is 26.9. The number of benzene rings is 2. The molecule has 0 N–H and O–H groups in total. The van der Waals surface area contributed by atoms with Gasteiger partial charge in [-0.05, 0) is 88.9 Å². The highest BCUT2D eigenvalue weighted by atomic mass is 79.9. The molecular formula is C25H23BrCl2N2O5S. The highest BCUT2D eigenvalue weighted by molar-refractivity contribution is 9.10. The van der Waals surface area contributed by atoms with Gasteiger partial charge in [-0.1, -0.05) is 29.3 Å². The molecule has 2 aliphatic heterocycles. The lowest BCUT2D eigenvalue weighted by molar-refractivity contribution is -0.135. The van der Waals surface area contributed by atoms with Crippen molar-refractivity contribution in [2.24, 2.45) is 0 Å². The number of amides is 3. The largest absolute Gasteiger partial charge is 0.490 e. The fourth-order valence-corrected chi connectivity index (χ4v) is 5.58. The van der Waals surface area contributed by atoms with E-state index in [1.807, 2.05) is 13.0 Å². The van der Waals surface area contributed by atoms with Crippen molar-refractivity contribution in [3.05, 3.63) is 60.9 Å². The molecule has 7 nitrogen and oxygen atoms in total. The Morgan fingerprint density at radius 1 is 1.11 bits per heavy atom. The van der Waals surface area contributed by atoms with Crippen LogP contribution in [0.3, 0.4) is 0 Å². The molecule has 0 aromatic heterocycles. The standard InChI is InChI=1S/C25H23BrCl2N2O5S/c1-2-34-20-11-16(9-17(26)23(20)35-14-15-5-6-18(27)19(28)10-15)12-21-24(32)30(25(33)36-21)13-22(31)29-7-3-4-8-29/h5-6,9-12H,2-4,7-8,13-14H2,1H3/b21-12-. The molecule has 0 bridgehead atoms. The minimum atomic E-state index is -0.480. The summed E-state index contributed by atoms with van der Waals surface area (Å²) in [6.07, 6.45) is 3.50. The number of carbonyl (C=O) groups is 3. The lowest BCUT2D eigenvalue weighted by Gasteiger charge is -2.18. The maximum absolute atomic E-state index is 12.9. The van der Waals surface area contributed by atoms with E-state index >= 15 is 0 Å². The second kappa shape index (κ2) is 11.9. The van der Waals surface area contributed by atoms with Gasteiger partial charge in [-0.25, -0.2) is 0 Å². The molecular weight excluding hydrogens is 591 g/mol. The number of carbonyl (C=O) groups excluding carboxylic acids is 3. The lowest BCUT2D eigenvalue weighted by atomic mass is 10.1. The van der Waals surface area contributed by atoms with Gasteiger partial charge in [0.1, 0.15) is 13.2 Å². The monoisotopic (exact) mass is 612 g/mol. The maximum atomic E-state index is 12.9. The summed E-state index contributed by atoms with van der Waals surface area (Å²) in [7, 11) is 0. The third-order valence-corrected chi connectivity index (χ3v) is 7.86. The Hall–Kier alpha value is -2.20. The van der Waals surface area contributed by atoms with Crippen LogP contribution in [0, 0.1) is 0 Å². The molecule has 0 atom stereocenters. The van der Waals surface area contributed by atoms with Gasteiger partial charge in [-0.2, -0.15) is 0 Å². The molecule has 0 unspecified atom stereocenters. The molecule has 2 aromatic carbocycles. The summed E-state index contributed by atoms with van der Waals surface area (Å²) in [4.78, 5) is 40.8. The molecule has 36 heavy (non-hydrogen) atoms. The molecule has 0 saturated carbocycles. The third-order valence-electron chi connectivity index (χ3n) is 5.62. The molecule has 2 aromatic rings. The molecule has 2 aliphatic rings. The average molecular weight is 614 g/mol. The zero-order valence-electron chi connectivity index (χ0n) is 19.4. The normalized spacial score (nSPS) is 16.8. The number of nitrogens with zero attached hydrogens (tertiary/aromatic N) is 2. The van der Waals surface area contributed by atoms with Crippen LogP contribution in [0.5, 0.6) is 11.5 Å². The Bertz CT molecular complexity index is 1230. The lowest BCUT2D eigenvalue weighted by Crippen LogP contribution is -2.40. The number of imide groups is 1. The van der Waals surface area contributed by atoms with E-state index in [4.69, 9.17) is 32.7 Å². The SMILES string of the molecule is CCOc1cc(/C=C2\SC(=O)N(CC(=O)N3CCCC3)C2=O)cc(Br)c1OCc1ccc(Cl)c(Cl)c1. The van der Waals surface area contributed by atoms with Gasteiger partial charge in [-0.15, -0.1) is 0 Å². The zero-order valence-corrected chi connectivity index (χ0v) is 23.3. The van der Waals surface area contributed by atoms with E-state index in [0.29, 0.717) is 51.3 Å². The predicted molar refractivity (Wildman–Crippen MR) is 145 cm³/mol. The van der Waals surface area contributed by atoms with Crippen molar-refractivity contribution in [3.63, 3.8) is 0 Å². The summed E-state index contributed by atoms with van der Waals surface area (Å²) in [6, 6.07) is 8.77. The number of hydrogen-bond acceptors (Lipinski definition) is 6. The minimum absolute atomic E-state index is 0.207. The zero-order chi connectivity index (χ0) is 25.8. The second-order valence-corrected chi connectivity index (χ2v) is 10.8. The Kier molecular flexibility index (Phi) is 8.87. The van der Waals surface area contributed by atoms with Gasteiger partial charge in [0.15, 0.2) is 11.5 Å². The van der Waals surface area contributed by atoms with Crippen LogP contribution in [0.15, 0.2) is 39.7 Å². The number of halogens is 3. The van der Waals surface area contributed by atoms with Crippen molar-refractivity contribution in [3.8, 4) is 11.5 Å². The van der Waals surface area contributed by atoms with Crippen molar-refractivity contribution in [2.45, 2.75) is 26.4 Å². The van der Waals surface area contributed by atoms with Gasteiger partial charge < -0.3 is 14.4 Å². The average Bonchev–Trinajstić information content (AvgIpc) is 3.46. The van der Waals surface area contributed by atoms with Crippen LogP contribution in [0.4, 0.5) is 4.79 Å². The molecule has 0 radical (unpaired) electrons. The molecule has 11 heteroatoms. The van der Waals surface area contributed by atoms with E-state index in [9.17, 15) is 14.4 Å². The summed E-state index contributed by atoms with van der Waals surface area (Å²) in [5.74, 6) is 0.276. The number of ether oxygens (including phenoxy) is 2. The van der Waals surface area contributed by atoms with E-state index < -0.39 is 11.1 Å². The highest BCUT2D eigenvalue weighted by Gasteiger charge is 2.37. The van der Waals surface area contributed by atoms with Gasteiger partial charge >= 0.3 is 0 Å². The Balaban J connectivity index is 1.51. The van der Waals surface area contributed by atoms with Gasteiger partial charge in [0.2, 0.25) is 5.91 Å². The van der Waals surface area contributed by atoms with E-state index in [2.05, 4.69) is 15.9 Å². The van der Waals surface area contributed by atoms with Crippen LogP contribution in [0.2, 0.25) is 10.0 Å². The quantitative estimate of drug-likeness (QED) is 0.321. The Labute approximate surface area is 231 Å². The molecule has 2 fully saturated rings. The Morgan fingerprint density at radius 2 is 1.86 bits per heavy atom. The molecule has 4 rings (SSSR count). The summed E-state index contributed by atoms with van der Waals surface area (Å²) in [5, 5.41) is 0.448. The van der Waals surface area contributed by atoms with Crippen LogP contribution in [0.1, 0.15) is 30.9 Å². The first-order valence-electron chi connectivity index (χ1n) is 11.3. The van der Waals surface area contributed by atoms with E-state index in [1.165, 1.54) is 0 Å². The molecule has 0 spiro atoms. The first-order chi connectivity index (χ1) is 17.3. The predicted octanol–water partition coefficient (Wildman–Crippen LogP) is 6.39. The number of rotatable bonds is 8. The number of likely N-dealkylation sites (tertiary alicyclic amines) is 1. The summed E-state index contributed by atoms with van der Waals surface area (Å²) >= 11 is 16.4. The summed E-state index contributed by atoms with van der Waals surface area (Å²) in [6.45, 7) is 3.58. The highest BCUT2D eigenvalue weighted by Crippen LogP contribution is 2.40. The maximum Gasteiger partial charge on any atom is 0.294 e. The summed E-state index contributed by atoms with van der Waals surface area (Å²) < 4.78 is 12.4. The van der Waals surface area contributed by atoms with Crippen LogP contribution in [-0.4, -0.2) is 53.1 Å². The Morgan fingerprint density at radius 3 is 2.56 bits per heavy atom. The van der Waals surface area contributed by atoms with Crippen molar-refractivity contribution in [2.75, 3.05) is 26.2 Å². The van der Waals surface area contributed by atoms with Gasteiger partial charge in [0.05, 0.1) is 26.0 Å². The molecule has 2 saturated heterocycles. The number of thioether (sulfide) groups is 1. The third kappa shape index (κ3) is 6.19. The van der Waals surface area contributed by atoms with Crippen molar-refractivity contribution >= 4 is 74.0 Å². The number of hydrogen-bond donors (Lipinski definition) is 0. The van der Waals surface area contributed by atoms with Crippen LogP contribution in [-0.2, 0) is 16.2 Å². The molecule has 3 amide bonds. The fourth-order valence-electron chi connectivity index (χ4n) is 3.85. The van der Waals surface area contributed by atoms with Crippen LogP contribution in [0.25, 0.3) is 6.08 Å². The van der Waals surface area contributed by atoms with Crippen molar-refractivity contribution in [1.82, 2.24) is 9.80 Å². The second-order valence-electron chi connectivity index (χ2n) is 8.16. The fraction of sp³-hybridized carbons (Fsp3) is 0.320. The van der Waals surface area contributed by atoms with E-state index in [-0.39, 0.29) is 24.0 Å². The molecule has 0 aliphatic carbocycles. The van der Waals surface area contributed by atoms with Crippen molar-refractivity contribution in [1.29, 1.82) is 0 Å². The molecule has 190 valence electrons. The van der Waals surface area contributed by atoms with Crippen LogP contribution < -0.4 is 9.47 Å². The topological polar surface area (TPSA) is 76.2 Å². The smallest absolute Gasteiger partial charge is 0.294 e. The van der Waals surface area contributed by atoms with Gasteiger partial charge in [0.25, 0.3) is 11.1 Å². The minimum Gasteiger partial charge on any atom is -0.490 e. The van der Waals surface area contributed by atoms with Crippen molar-refractivity contribution < 1.29 is 23.9 Å². The van der Waals surface area contributed by atoms with Crippen LogP contribution >= 0.6 is 50.9 Å². The van der Waals surface area contributed by atoms with E-state index in [0.717, 1.165) is 35.1 Å². The van der Waals surface area contributed by atoms with Gasteiger partial charge in [0, 0.05) is 13.1 Å². The summed E-state index contributed by atoms with van der Waals surface area (Å²) in [5.41, 5.74) is 1.48. The first-order valence-corrected chi connectivity index (χ1v) is 13.7. The molecule has 2 heterocycles. The van der Waals surface area contributed by atoms with Gasteiger partial charge in [-0.3, -0.25) is 19.3 Å². The van der Waals surface area contributed by atoms with E-state index in [1.54, 1.807) is 35.2 Å².